The minimum absolute atomic E-state index is 0.00916. The Morgan fingerprint density at radius 3 is 2.70 bits per heavy atom. The molecule has 0 radical (unpaired) electrons. The molecule has 1 amide bonds. The van der Waals surface area contributed by atoms with Crippen molar-refractivity contribution in [2.45, 2.75) is 24.9 Å². The summed E-state index contributed by atoms with van der Waals surface area (Å²) in [7, 11) is 0. The number of carbonyl (C=O) groups excluding carboxylic acids is 1. The Kier molecular flexibility index (Phi) is 5.05. The molecule has 2 aliphatic heterocycles. The number of carbonyl (C=O) groups is 1. The van der Waals surface area contributed by atoms with Crippen LogP contribution in [-0.2, 0) is 11.3 Å². The first-order valence-corrected chi connectivity index (χ1v) is 11.5. The van der Waals surface area contributed by atoms with Crippen molar-refractivity contribution in [3.05, 3.63) is 82.5 Å². The molecular weight excluding hydrogens is 436 g/mol. The predicted octanol–water partition coefficient (Wildman–Crippen LogP) is 4.64. The fourth-order valence-electron chi connectivity index (χ4n) is 3.85. The van der Waals surface area contributed by atoms with Crippen LogP contribution in [0.2, 0.25) is 5.02 Å². The van der Waals surface area contributed by atoms with Crippen LogP contribution in [0.5, 0.6) is 0 Å². The van der Waals surface area contributed by atoms with Gasteiger partial charge < -0.3 is 4.90 Å². The van der Waals surface area contributed by atoms with Crippen molar-refractivity contribution in [2.75, 3.05) is 10.7 Å². The van der Waals surface area contributed by atoms with Crippen LogP contribution in [0.15, 0.2) is 60.8 Å². The highest BCUT2D eigenvalue weighted by Crippen LogP contribution is 2.46. The van der Waals surface area contributed by atoms with Crippen LogP contribution in [-0.4, -0.2) is 37.5 Å². The third kappa shape index (κ3) is 3.31. The van der Waals surface area contributed by atoms with Gasteiger partial charge in [0.1, 0.15) is 11.4 Å². The van der Waals surface area contributed by atoms with Crippen LogP contribution in [0.25, 0.3) is 0 Å². The highest BCUT2D eigenvalue weighted by Gasteiger charge is 2.51. The summed E-state index contributed by atoms with van der Waals surface area (Å²) in [5.74, 6) is 1.26. The van der Waals surface area contributed by atoms with Crippen molar-refractivity contribution in [3.8, 4) is 0 Å². The van der Waals surface area contributed by atoms with E-state index in [1.165, 1.54) is 5.56 Å². The monoisotopic (exact) mass is 454 g/mol. The molecule has 8 heteroatoms. The van der Waals surface area contributed by atoms with Crippen LogP contribution in [0, 0.1) is 6.92 Å². The molecule has 30 heavy (non-hydrogen) atoms. The molecule has 1 aromatic heterocycles. The largest absolute Gasteiger partial charge is 0.319 e. The first-order chi connectivity index (χ1) is 14.5. The third-order valence-corrected chi connectivity index (χ3v) is 7.51. The van der Waals surface area contributed by atoms with Crippen LogP contribution >= 0.6 is 35.6 Å². The van der Waals surface area contributed by atoms with E-state index in [1.54, 1.807) is 21.3 Å². The Bertz CT molecular complexity index is 1130. The highest BCUT2D eigenvalue weighted by atomic mass is 35.5. The zero-order valence-electron chi connectivity index (χ0n) is 16.2. The number of halogens is 1. The van der Waals surface area contributed by atoms with Gasteiger partial charge in [-0.2, -0.15) is 5.10 Å². The van der Waals surface area contributed by atoms with E-state index >= 15 is 0 Å². The Morgan fingerprint density at radius 1 is 1.17 bits per heavy atom. The Hall–Kier alpha value is -2.35. The second kappa shape index (κ2) is 7.72. The van der Waals surface area contributed by atoms with E-state index in [1.807, 2.05) is 36.5 Å². The van der Waals surface area contributed by atoms with E-state index in [4.69, 9.17) is 23.8 Å². The van der Waals surface area contributed by atoms with Crippen LogP contribution in [0.1, 0.15) is 22.1 Å². The van der Waals surface area contributed by atoms with Gasteiger partial charge in [-0.1, -0.05) is 59.6 Å². The number of thiocarbonyl (C=S) groups is 1. The molecule has 2 aliphatic rings. The molecule has 2 saturated heterocycles. The first kappa shape index (κ1) is 19.6. The van der Waals surface area contributed by atoms with Gasteiger partial charge in [-0.15, -0.1) is 11.8 Å². The fourth-order valence-corrected chi connectivity index (χ4v) is 5.95. The van der Waals surface area contributed by atoms with Crippen molar-refractivity contribution >= 4 is 52.4 Å². The zero-order valence-corrected chi connectivity index (χ0v) is 18.6. The number of benzene rings is 2. The van der Waals surface area contributed by atoms with Gasteiger partial charge in [0, 0.05) is 23.0 Å². The van der Waals surface area contributed by atoms with E-state index < -0.39 is 0 Å². The molecule has 0 saturated carbocycles. The fraction of sp³-hybridized carbons (Fsp3) is 0.227. The number of aryl methyl sites for hydroxylation is 1. The summed E-state index contributed by atoms with van der Waals surface area (Å²) in [6.07, 6.45) is 1.85. The molecule has 5 rings (SSSR count). The smallest absolute Gasteiger partial charge is 0.258 e. The Labute approximate surface area is 189 Å². The van der Waals surface area contributed by atoms with E-state index in [-0.39, 0.29) is 17.3 Å². The average molecular weight is 455 g/mol. The molecule has 2 aromatic carbocycles. The number of fused-ring (bicyclic) bond motifs is 1. The summed E-state index contributed by atoms with van der Waals surface area (Å²) in [6.45, 7) is 2.60. The van der Waals surface area contributed by atoms with Gasteiger partial charge in [0.2, 0.25) is 0 Å². The summed E-state index contributed by atoms with van der Waals surface area (Å²) >= 11 is 13.8. The molecular formula is C22H19ClN4OS2. The lowest BCUT2D eigenvalue weighted by atomic mass is 10.1. The van der Waals surface area contributed by atoms with Crippen LogP contribution < -0.4 is 4.90 Å². The maximum atomic E-state index is 13.2. The van der Waals surface area contributed by atoms with Gasteiger partial charge in [0.05, 0.1) is 6.54 Å². The van der Waals surface area contributed by atoms with Crippen molar-refractivity contribution < 1.29 is 4.79 Å². The van der Waals surface area contributed by atoms with Gasteiger partial charge >= 0.3 is 0 Å². The van der Waals surface area contributed by atoms with Gasteiger partial charge in [0.15, 0.2) is 10.9 Å². The minimum atomic E-state index is -0.248. The highest BCUT2D eigenvalue weighted by molar-refractivity contribution is 7.99. The molecule has 0 unspecified atom stereocenters. The number of rotatable bonds is 4. The van der Waals surface area contributed by atoms with E-state index in [2.05, 4.69) is 41.2 Å². The quantitative estimate of drug-likeness (QED) is 0.537. The van der Waals surface area contributed by atoms with Gasteiger partial charge in [0.25, 0.3) is 5.91 Å². The van der Waals surface area contributed by atoms with Gasteiger partial charge in [-0.3, -0.25) is 9.48 Å². The van der Waals surface area contributed by atoms with Crippen molar-refractivity contribution in [1.29, 1.82) is 0 Å². The number of hydrogen-bond acceptors (Lipinski definition) is 4. The summed E-state index contributed by atoms with van der Waals surface area (Å²) in [4.78, 5) is 16.8. The number of anilines is 1. The number of nitrogens with zero attached hydrogens (tertiary/aromatic N) is 4. The predicted molar refractivity (Wildman–Crippen MR) is 125 cm³/mol. The van der Waals surface area contributed by atoms with Crippen molar-refractivity contribution in [2.24, 2.45) is 0 Å². The zero-order chi connectivity index (χ0) is 20.8. The summed E-state index contributed by atoms with van der Waals surface area (Å²) in [5.41, 5.74) is 3.35. The summed E-state index contributed by atoms with van der Waals surface area (Å²) < 4.78 is 1.78. The molecule has 0 aliphatic carbocycles. The van der Waals surface area contributed by atoms with E-state index in [9.17, 15) is 4.79 Å². The topological polar surface area (TPSA) is 41.4 Å². The number of amides is 1. The number of aromatic nitrogens is 2. The standard InChI is InChI=1S/C22H19ClN4OS2/c1-14-6-8-15(9-7-14)21-26-18(13-30-21)20(28)27(22(26)29)19-10-11-25(24-19)12-16-4-2-3-5-17(16)23/h2-11,18,21H,12-13H2,1H3/t18-,21-/m1/s1. The molecule has 0 N–H and O–H groups in total. The molecule has 3 heterocycles. The Balaban J connectivity index is 1.39. The molecule has 0 bridgehead atoms. The normalized spacial score (nSPS) is 20.9. The lowest BCUT2D eigenvalue weighted by Gasteiger charge is -2.25. The number of hydrogen-bond donors (Lipinski definition) is 0. The SMILES string of the molecule is Cc1ccc([C@H]2SC[C@@H]3C(=O)N(c4ccn(Cc5ccccc5Cl)n4)C(=S)N32)cc1. The average Bonchev–Trinajstić information content (AvgIpc) is 3.42. The van der Waals surface area contributed by atoms with Crippen molar-refractivity contribution in [3.63, 3.8) is 0 Å². The molecule has 2 fully saturated rings. The molecule has 5 nitrogen and oxygen atoms in total. The van der Waals surface area contributed by atoms with Crippen LogP contribution in [0.4, 0.5) is 5.82 Å². The molecule has 3 aromatic rings. The Morgan fingerprint density at radius 2 is 1.93 bits per heavy atom. The lowest BCUT2D eigenvalue weighted by molar-refractivity contribution is -0.119. The third-order valence-electron chi connectivity index (χ3n) is 5.43. The summed E-state index contributed by atoms with van der Waals surface area (Å²) in [6, 6.07) is 17.7. The first-order valence-electron chi connectivity index (χ1n) is 9.64. The second-order valence-corrected chi connectivity index (χ2v) is 9.32. The minimum Gasteiger partial charge on any atom is -0.319 e. The van der Waals surface area contributed by atoms with Crippen LogP contribution in [0.3, 0.4) is 0 Å². The maximum Gasteiger partial charge on any atom is 0.258 e. The summed E-state index contributed by atoms with van der Waals surface area (Å²) in [5, 5.41) is 5.86. The maximum absolute atomic E-state index is 13.2. The van der Waals surface area contributed by atoms with Crippen molar-refractivity contribution in [1.82, 2.24) is 14.7 Å². The molecule has 2 atom stereocenters. The second-order valence-electron chi connectivity index (χ2n) is 7.44. The van der Waals surface area contributed by atoms with E-state index in [0.29, 0.717) is 28.3 Å². The number of thioether (sulfide) groups is 1. The van der Waals surface area contributed by atoms with Gasteiger partial charge in [-0.25, -0.2) is 4.90 Å². The molecule has 0 spiro atoms. The van der Waals surface area contributed by atoms with E-state index in [0.717, 1.165) is 11.1 Å². The molecule has 152 valence electrons. The lowest BCUT2D eigenvalue weighted by Crippen LogP contribution is -2.34. The van der Waals surface area contributed by atoms with Gasteiger partial charge in [-0.05, 0) is 36.3 Å².